The van der Waals surface area contributed by atoms with Crippen molar-refractivity contribution >= 4 is 11.3 Å². The first-order valence-corrected chi connectivity index (χ1v) is 6.41. The molecule has 14 heavy (non-hydrogen) atoms. The average molecular weight is 210 g/mol. The lowest BCUT2D eigenvalue weighted by atomic mass is 10.0. The summed E-state index contributed by atoms with van der Waals surface area (Å²) in [5, 5.41) is 3.49. The second kappa shape index (κ2) is 5.47. The predicted octanol–water partition coefficient (Wildman–Crippen LogP) is 2.81. The monoisotopic (exact) mass is 210 g/mol. The Labute approximate surface area is 89.8 Å². The molecule has 0 amide bonds. The van der Waals surface area contributed by atoms with Crippen LogP contribution in [0.2, 0.25) is 0 Å². The zero-order chi connectivity index (χ0) is 9.64. The van der Waals surface area contributed by atoms with E-state index in [0.717, 1.165) is 12.5 Å². The largest absolute Gasteiger partial charge is 0.312 e. The van der Waals surface area contributed by atoms with Crippen molar-refractivity contribution in [3.63, 3.8) is 0 Å². The Morgan fingerprint density at radius 3 is 3.00 bits per heavy atom. The van der Waals surface area contributed by atoms with Crippen LogP contribution in [0.15, 0.2) is 11.7 Å². The van der Waals surface area contributed by atoms with Crippen molar-refractivity contribution in [1.29, 1.82) is 0 Å². The van der Waals surface area contributed by atoms with Crippen LogP contribution in [0.3, 0.4) is 0 Å². The molecule has 0 aliphatic heterocycles. The summed E-state index contributed by atoms with van der Waals surface area (Å²) in [5.74, 6) is 1.00. The van der Waals surface area contributed by atoms with Crippen molar-refractivity contribution in [3.8, 4) is 0 Å². The van der Waals surface area contributed by atoms with Crippen molar-refractivity contribution in [1.82, 2.24) is 10.3 Å². The molecular formula is C11H18N2S. The Bertz CT molecular complexity index is 240. The van der Waals surface area contributed by atoms with Gasteiger partial charge in [0.1, 0.15) is 0 Å². The Morgan fingerprint density at radius 1 is 1.43 bits per heavy atom. The Kier molecular flexibility index (Phi) is 3.95. The van der Waals surface area contributed by atoms with Gasteiger partial charge in [0, 0.05) is 17.6 Å². The lowest BCUT2D eigenvalue weighted by molar-refractivity contribution is 0.478. The SMILES string of the molecule is c1ncc(CNCCC2CCCC2)s1. The third kappa shape index (κ3) is 3.07. The van der Waals surface area contributed by atoms with Crippen LogP contribution in [0.1, 0.15) is 37.0 Å². The molecule has 78 valence electrons. The molecule has 1 aliphatic rings. The maximum atomic E-state index is 4.06. The molecule has 1 N–H and O–H groups in total. The van der Waals surface area contributed by atoms with Gasteiger partial charge in [0.15, 0.2) is 0 Å². The van der Waals surface area contributed by atoms with Crippen LogP contribution < -0.4 is 5.32 Å². The normalized spacial score (nSPS) is 17.7. The number of nitrogens with zero attached hydrogens (tertiary/aromatic N) is 1. The van der Waals surface area contributed by atoms with Crippen LogP contribution in [0.5, 0.6) is 0 Å². The van der Waals surface area contributed by atoms with E-state index in [1.54, 1.807) is 11.3 Å². The molecule has 2 rings (SSSR count). The van der Waals surface area contributed by atoms with Crippen LogP contribution in [-0.2, 0) is 6.54 Å². The summed E-state index contributed by atoms with van der Waals surface area (Å²) in [6.07, 6.45) is 9.15. The van der Waals surface area contributed by atoms with E-state index in [1.807, 2.05) is 11.7 Å². The predicted molar refractivity (Wildman–Crippen MR) is 60.4 cm³/mol. The Hall–Kier alpha value is -0.410. The first kappa shape index (κ1) is 10.1. The Morgan fingerprint density at radius 2 is 2.29 bits per heavy atom. The van der Waals surface area contributed by atoms with E-state index in [4.69, 9.17) is 0 Å². The van der Waals surface area contributed by atoms with Crippen LogP contribution >= 0.6 is 11.3 Å². The molecule has 0 unspecified atom stereocenters. The molecule has 0 bridgehead atoms. The zero-order valence-electron chi connectivity index (χ0n) is 8.54. The van der Waals surface area contributed by atoms with Crippen molar-refractivity contribution in [2.75, 3.05) is 6.54 Å². The number of rotatable bonds is 5. The fraction of sp³-hybridized carbons (Fsp3) is 0.727. The molecule has 0 atom stereocenters. The number of hydrogen-bond donors (Lipinski definition) is 1. The fourth-order valence-electron chi connectivity index (χ4n) is 2.15. The van der Waals surface area contributed by atoms with Crippen LogP contribution in [0.4, 0.5) is 0 Å². The van der Waals surface area contributed by atoms with Crippen LogP contribution in [-0.4, -0.2) is 11.5 Å². The minimum atomic E-state index is 0.997. The topological polar surface area (TPSA) is 24.9 Å². The van der Waals surface area contributed by atoms with Crippen molar-refractivity contribution < 1.29 is 0 Å². The third-order valence-electron chi connectivity index (χ3n) is 2.99. The fourth-order valence-corrected chi connectivity index (χ4v) is 2.71. The minimum Gasteiger partial charge on any atom is -0.312 e. The Balaban J connectivity index is 1.55. The molecule has 0 radical (unpaired) electrons. The molecule has 1 aromatic heterocycles. The summed E-state index contributed by atoms with van der Waals surface area (Å²) in [7, 11) is 0. The molecule has 2 nitrogen and oxygen atoms in total. The zero-order valence-corrected chi connectivity index (χ0v) is 9.35. The first-order chi connectivity index (χ1) is 6.95. The second-order valence-corrected chi connectivity index (χ2v) is 5.05. The van der Waals surface area contributed by atoms with E-state index in [0.29, 0.717) is 0 Å². The summed E-state index contributed by atoms with van der Waals surface area (Å²) in [5.41, 5.74) is 1.90. The molecule has 1 fully saturated rings. The number of aromatic nitrogens is 1. The van der Waals surface area contributed by atoms with E-state index in [2.05, 4.69) is 10.3 Å². The van der Waals surface area contributed by atoms with E-state index in [1.165, 1.54) is 43.5 Å². The van der Waals surface area contributed by atoms with Crippen molar-refractivity contribution in [2.45, 2.75) is 38.6 Å². The maximum Gasteiger partial charge on any atom is 0.0794 e. The molecule has 1 saturated carbocycles. The van der Waals surface area contributed by atoms with Gasteiger partial charge in [0.2, 0.25) is 0 Å². The molecule has 1 aliphatic carbocycles. The lowest BCUT2D eigenvalue weighted by Gasteiger charge is -2.08. The maximum absolute atomic E-state index is 4.06. The average Bonchev–Trinajstić information content (AvgIpc) is 2.86. The van der Waals surface area contributed by atoms with Gasteiger partial charge >= 0.3 is 0 Å². The number of nitrogens with one attached hydrogen (secondary N) is 1. The number of hydrogen-bond acceptors (Lipinski definition) is 3. The molecular weight excluding hydrogens is 192 g/mol. The van der Waals surface area contributed by atoms with E-state index >= 15 is 0 Å². The minimum absolute atomic E-state index is 0.997. The summed E-state index contributed by atoms with van der Waals surface area (Å²) in [6, 6.07) is 0. The second-order valence-electron chi connectivity index (χ2n) is 4.08. The molecule has 3 heteroatoms. The highest BCUT2D eigenvalue weighted by atomic mass is 32.1. The summed E-state index contributed by atoms with van der Waals surface area (Å²) in [4.78, 5) is 5.40. The molecule has 1 aromatic rings. The van der Waals surface area contributed by atoms with E-state index in [-0.39, 0.29) is 0 Å². The summed E-state index contributed by atoms with van der Waals surface area (Å²) < 4.78 is 0. The van der Waals surface area contributed by atoms with Gasteiger partial charge in [0.05, 0.1) is 5.51 Å². The highest BCUT2D eigenvalue weighted by Crippen LogP contribution is 2.26. The molecule has 0 saturated heterocycles. The van der Waals surface area contributed by atoms with Gasteiger partial charge < -0.3 is 5.32 Å². The van der Waals surface area contributed by atoms with Gasteiger partial charge in [-0.2, -0.15) is 0 Å². The van der Waals surface area contributed by atoms with Gasteiger partial charge in [-0.1, -0.05) is 25.7 Å². The van der Waals surface area contributed by atoms with Gasteiger partial charge in [-0.15, -0.1) is 11.3 Å². The van der Waals surface area contributed by atoms with Crippen molar-refractivity contribution in [3.05, 3.63) is 16.6 Å². The number of thiazole rings is 1. The van der Waals surface area contributed by atoms with Crippen LogP contribution in [0, 0.1) is 5.92 Å². The van der Waals surface area contributed by atoms with E-state index in [9.17, 15) is 0 Å². The van der Waals surface area contributed by atoms with Gasteiger partial charge in [-0.05, 0) is 18.9 Å². The summed E-state index contributed by atoms with van der Waals surface area (Å²) >= 11 is 1.73. The van der Waals surface area contributed by atoms with Crippen LogP contribution in [0.25, 0.3) is 0 Å². The van der Waals surface area contributed by atoms with E-state index < -0.39 is 0 Å². The third-order valence-corrected chi connectivity index (χ3v) is 3.77. The molecule has 0 spiro atoms. The van der Waals surface area contributed by atoms with Crippen molar-refractivity contribution in [2.24, 2.45) is 5.92 Å². The molecule has 1 heterocycles. The molecule has 0 aromatic carbocycles. The van der Waals surface area contributed by atoms with Gasteiger partial charge in [-0.25, -0.2) is 0 Å². The first-order valence-electron chi connectivity index (χ1n) is 5.53. The quantitative estimate of drug-likeness (QED) is 0.756. The van der Waals surface area contributed by atoms with Gasteiger partial charge in [0.25, 0.3) is 0 Å². The lowest BCUT2D eigenvalue weighted by Crippen LogP contribution is -2.16. The highest BCUT2D eigenvalue weighted by molar-refractivity contribution is 7.09. The van der Waals surface area contributed by atoms with Gasteiger partial charge in [-0.3, -0.25) is 4.98 Å². The standard InChI is InChI=1S/C11H18N2S/c1-2-4-10(3-1)5-6-12-7-11-8-13-9-14-11/h8-10,12H,1-7H2. The smallest absolute Gasteiger partial charge is 0.0794 e. The summed E-state index contributed by atoms with van der Waals surface area (Å²) in [6.45, 7) is 2.17. The highest BCUT2D eigenvalue weighted by Gasteiger charge is 2.13.